The summed E-state index contributed by atoms with van der Waals surface area (Å²) in [6.45, 7) is 0. The molecule has 5 heteroatoms. The average Bonchev–Trinajstić information content (AvgIpc) is 2.27. The molecule has 1 aromatic heterocycles. The van der Waals surface area contributed by atoms with Crippen molar-refractivity contribution in [3.05, 3.63) is 25.2 Å². The number of halogens is 3. The van der Waals surface area contributed by atoms with E-state index in [1.807, 2.05) is 6.07 Å². The lowest BCUT2D eigenvalue weighted by Crippen LogP contribution is -1.92. The largest absolute Gasteiger partial charge is 0.264 e. The molecule has 0 saturated carbocycles. The van der Waals surface area contributed by atoms with Gasteiger partial charge in [-0.05, 0) is 57.3 Å². The van der Waals surface area contributed by atoms with Crippen LogP contribution in [0.2, 0.25) is 0 Å². The zero-order valence-electron chi connectivity index (χ0n) is 6.68. The minimum atomic E-state index is -0.209. The number of fused-ring (bicyclic) bond motifs is 1. The predicted octanol–water partition coefficient (Wildman–Crippen LogP) is 2.92. The van der Waals surface area contributed by atoms with Gasteiger partial charge in [0.15, 0.2) is 0 Å². The first-order valence-corrected chi connectivity index (χ1v) is 5.72. The summed E-state index contributed by atoms with van der Waals surface area (Å²) in [6.07, 6.45) is 0. The lowest BCUT2D eigenvalue weighted by atomic mass is 10.2. The minimum Gasteiger partial charge on any atom is -0.264 e. The summed E-state index contributed by atoms with van der Waals surface area (Å²) < 4.78 is 16.8. The van der Waals surface area contributed by atoms with E-state index in [0.717, 1.165) is 12.7 Å². The van der Waals surface area contributed by atoms with E-state index >= 15 is 0 Å². The topological polar surface area (TPSA) is 17.8 Å². The van der Waals surface area contributed by atoms with Crippen LogP contribution in [0.25, 0.3) is 10.9 Å². The highest BCUT2D eigenvalue weighted by Crippen LogP contribution is 2.24. The summed E-state index contributed by atoms with van der Waals surface area (Å²) in [7, 11) is 1.75. The third kappa shape index (κ3) is 1.56. The van der Waals surface area contributed by atoms with E-state index in [1.165, 1.54) is 6.07 Å². The fourth-order valence-electron chi connectivity index (χ4n) is 1.29. The number of rotatable bonds is 0. The van der Waals surface area contributed by atoms with Gasteiger partial charge in [0.2, 0.25) is 0 Å². The van der Waals surface area contributed by atoms with Gasteiger partial charge in [0, 0.05) is 16.0 Å². The van der Waals surface area contributed by atoms with Gasteiger partial charge in [-0.1, -0.05) is 0 Å². The second-order valence-electron chi connectivity index (χ2n) is 2.70. The summed E-state index contributed by atoms with van der Waals surface area (Å²) in [5.41, 5.74) is 0.574. The predicted molar refractivity (Wildman–Crippen MR) is 66.1 cm³/mol. The van der Waals surface area contributed by atoms with Crippen LogP contribution in [0.3, 0.4) is 0 Å². The Labute approximate surface area is 102 Å². The Morgan fingerprint density at radius 2 is 2.08 bits per heavy atom. The van der Waals surface area contributed by atoms with Gasteiger partial charge < -0.3 is 0 Å². The van der Waals surface area contributed by atoms with Crippen LogP contribution in [0.5, 0.6) is 0 Å². The lowest BCUT2D eigenvalue weighted by molar-refractivity contribution is 0.624. The molecule has 0 aliphatic heterocycles. The standard InChI is InChI=1S/C8H5FI2N2/c1-13-7-5(8(11)12-13)2-4(10)3-6(7)9/h2-3H,1H3. The molecule has 0 radical (unpaired) electrons. The van der Waals surface area contributed by atoms with Crippen LogP contribution < -0.4 is 0 Å². The van der Waals surface area contributed by atoms with E-state index in [0.29, 0.717) is 5.52 Å². The first-order chi connectivity index (χ1) is 6.09. The Bertz CT molecular complexity index is 478. The van der Waals surface area contributed by atoms with Crippen molar-refractivity contribution in [3.8, 4) is 0 Å². The molecule has 1 aromatic carbocycles. The number of benzene rings is 1. The van der Waals surface area contributed by atoms with E-state index in [2.05, 4.69) is 50.3 Å². The fraction of sp³-hybridized carbons (Fsp3) is 0.125. The first-order valence-electron chi connectivity index (χ1n) is 3.57. The molecule has 2 aromatic rings. The molecule has 2 nitrogen and oxygen atoms in total. The maximum Gasteiger partial charge on any atom is 0.150 e. The van der Waals surface area contributed by atoms with Gasteiger partial charge >= 0.3 is 0 Å². The molecule has 2 rings (SSSR count). The van der Waals surface area contributed by atoms with Crippen LogP contribution in [0.4, 0.5) is 4.39 Å². The number of aryl methyl sites for hydroxylation is 1. The molecule has 0 amide bonds. The van der Waals surface area contributed by atoms with E-state index < -0.39 is 0 Å². The van der Waals surface area contributed by atoms with Crippen LogP contribution in [0.1, 0.15) is 0 Å². The summed E-state index contributed by atoms with van der Waals surface area (Å²) in [5.74, 6) is -0.209. The quantitative estimate of drug-likeness (QED) is 0.621. The highest BCUT2D eigenvalue weighted by Gasteiger charge is 2.11. The Hall–Kier alpha value is 0.0800. The number of aromatic nitrogens is 2. The fourth-order valence-corrected chi connectivity index (χ4v) is 2.61. The summed E-state index contributed by atoms with van der Waals surface area (Å²) in [6, 6.07) is 3.45. The maximum atomic E-state index is 13.5. The normalized spacial score (nSPS) is 11.1. The maximum absolute atomic E-state index is 13.5. The van der Waals surface area contributed by atoms with Crippen molar-refractivity contribution >= 4 is 56.1 Å². The van der Waals surface area contributed by atoms with Crippen molar-refractivity contribution in [2.75, 3.05) is 0 Å². The molecule has 0 aliphatic rings. The van der Waals surface area contributed by atoms with Crippen molar-refractivity contribution in [2.24, 2.45) is 7.05 Å². The van der Waals surface area contributed by atoms with Crippen LogP contribution in [0, 0.1) is 13.1 Å². The van der Waals surface area contributed by atoms with Crippen LogP contribution in [0.15, 0.2) is 12.1 Å². The third-order valence-electron chi connectivity index (χ3n) is 1.81. The van der Waals surface area contributed by atoms with Gasteiger partial charge in [0.05, 0.1) is 0 Å². The van der Waals surface area contributed by atoms with E-state index in [9.17, 15) is 4.39 Å². The molecule has 0 saturated heterocycles. The van der Waals surface area contributed by atoms with Crippen molar-refractivity contribution in [1.82, 2.24) is 9.78 Å². The average molecular weight is 402 g/mol. The number of hydrogen-bond acceptors (Lipinski definition) is 1. The Morgan fingerprint density at radius 3 is 2.77 bits per heavy atom. The van der Waals surface area contributed by atoms with Gasteiger partial charge in [-0.3, -0.25) is 4.68 Å². The van der Waals surface area contributed by atoms with Crippen LogP contribution in [-0.4, -0.2) is 9.78 Å². The highest BCUT2D eigenvalue weighted by molar-refractivity contribution is 14.1. The van der Waals surface area contributed by atoms with E-state index in [4.69, 9.17) is 0 Å². The van der Waals surface area contributed by atoms with Crippen molar-refractivity contribution in [1.29, 1.82) is 0 Å². The van der Waals surface area contributed by atoms with Gasteiger partial charge in [-0.2, -0.15) is 5.10 Å². The first kappa shape index (κ1) is 9.63. The van der Waals surface area contributed by atoms with Crippen molar-refractivity contribution < 1.29 is 4.39 Å². The van der Waals surface area contributed by atoms with E-state index in [-0.39, 0.29) is 5.82 Å². The van der Waals surface area contributed by atoms with Crippen molar-refractivity contribution in [2.45, 2.75) is 0 Å². The van der Waals surface area contributed by atoms with Crippen LogP contribution in [-0.2, 0) is 7.05 Å². The molecule has 0 fully saturated rings. The summed E-state index contributed by atoms with van der Waals surface area (Å²) >= 11 is 4.21. The SMILES string of the molecule is Cn1nc(I)c2cc(I)cc(F)c21. The molecule has 13 heavy (non-hydrogen) atoms. The van der Waals surface area contributed by atoms with Gasteiger partial charge in [-0.25, -0.2) is 4.39 Å². The number of nitrogens with zero attached hydrogens (tertiary/aromatic N) is 2. The van der Waals surface area contributed by atoms with Gasteiger partial charge in [-0.15, -0.1) is 0 Å². The Balaban J connectivity index is 2.97. The third-order valence-corrected chi connectivity index (χ3v) is 3.23. The molecular weight excluding hydrogens is 397 g/mol. The summed E-state index contributed by atoms with van der Waals surface area (Å²) in [4.78, 5) is 0. The Morgan fingerprint density at radius 1 is 1.38 bits per heavy atom. The van der Waals surface area contributed by atoms with E-state index in [1.54, 1.807) is 11.7 Å². The molecule has 0 N–H and O–H groups in total. The summed E-state index contributed by atoms with van der Waals surface area (Å²) in [5, 5.41) is 5.03. The zero-order chi connectivity index (χ0) is 9.59. The smallest absolute Gasteiger partial charge is 0.150 e. The van der Waals surface area contributed by atoms with Gasteiger partial charge in [0.25, 0.3) is 0 Å². The number of hydrogen-bond donors (Lipinski definition) is 0. The Kier molecular flexibility index (Phi) is 2.47. The molecule has 0 aliphatic carbocycles. The van der Waals surface area contributed by atoms with Gasteiger partial charge in [0.1, 0.15) is 15.0 Å². The van der Waals surface area contributed by atoms with Crippen LogP contribution >= 0.6 is 45.2 Å². The van der Waals surface area contributed by atoms with Crippen molar-refractivity contribution in [3.63, 3.8) is 0 Å². The molecule has 0 unspecified atom stereocenters. The second-order valence-corrected chi connectivity index (χ2v) is 4.97. The molecule has 1 heterocycles. The molecule has 0 bridgehead atoms. The second kappa shape index (κ2) is 3.34. The molecule has 68 valence electrons. The molecular formula is C8H5FI2N2. The molecule has 0 spiro atoms. The monoisotopic (exact) mass is 402 g/mol. The minimum absolute atomic E-state index is 0.209. The molecule has 0 atom stereocenters. The zero-order valence-corrected chi connectivity index (χ0v) is 11.0. The highest BCUT2D eigenvalue weighted by atomic mass is 127. The lowest BCUT2D eigenvalue weighted by Gasteiger charge is -1.96.